The van der Waals surface area contributed by atoms with E-state index in [9.17, 15) is 14.4 Å². The standard InChI is InChI=1S/C23H22N2O3S/c1-15(25(3)23(28)21-13-12-20(29-21)16(2)26)18-10-7-11-19(14-18)24-22(27)17-8-5-4-6-9-17/h4-15H,1-3H3,(H,24,27). The highest BCUT2D eigenvalue weighted by Crippen LogP contribution is 2.26. The zero-order chi connectivity index (χ0) is 21.0. The minimum atomic E-state index is -0.209. The van der Waals surface area contributed by atoms with Gasteiger partial charge in [-0.25, -0.2) is 0 Å². The minimum absolute atomic E-state index is 0.0494. The third kappa shape index (κ3) is 4.78. The fraction of sp³-hybridized carbons (Fsp3) is 0.174. The summed E-state index contributed by atoms with van der Waals surface area (Å²) in [6.45, 7) is 3.41. The van der Waals surface area contributed by atoms with Crippen LogP contribution in [0.3, 0.4) is 0 Å². The van der Waals surface area contributed by atoms with E-state index in [4.69, 9.17) is 0 Å². The Morgan fingerprint density at radius 1 is 0.931 bits per heavy atom. The Morgan fingerprint density at radius 3 is 2.28 bits per heavy atom. The molecule has 1 heterocycles. The second-order valence-electron chi connectivity index (χ2n) is 6.76. The maximum atomic E-state index is 12.8. The van der Waals surface area contributed by atoms with E-state index >= 15 is 0 Å². The van der Waals surface area contributed by atoms with Crippen molar-refractivity contribution in [3.05, 3.63) is 87.6 Å². The summed E-state index contributed by atoms with van der Waals surface area (Å²) in [5.41, 5.74) is 2.14. The third-order valence-corrected chi connectivity index (χ3v) is 5.90. The molecule has 5 nitrogen and oxygen atoms in total. The van der Waals surface area contributed by atoms with Gasteiger partial charge in [0.05, 0.1) is 15.8 Å². The molecule has 2 amide bonds. The molecule has 1 N–H and O–H groups in total. The van der Waals surface area contributed by atoms with Gasteiger partial charge in [0.2, 0.25) is 0 Å². The van der Waals surface area contributed by atoms with Crippen LogP contribution in [0.4, 0.5) is 5.69 Å². The number of anilines is 1. The Kier molecular flexibility index (Phi) is 6.24. The fourth-order valence-corrected chi connectivity index (χ4v) is 3.77. The van der Waals surface area contributed by atoms with Crippen molar-refractivity contribution in [2.45, 2.75) is 19.9 Å². The van der Waals surface area contributed by atoms with Crippen molar-refractivity contribution < 1.29 is 14.4 Å². The monoisotopic (exact) mass is 406 g/mol. The molecular formula is C23H22N2O3S. The van der Waals surface area contributed by atoms with Crippen LogP contribution in [-0.2, 0) is 0 Å². The smallest absolute Gasteiger partial charge is 0.264 e. The van der Waals surface area contributed by atoms with E-state index in [1.165, 1.54) is 18.3 Å². The zero-order valence-corrected chi connectivity index (χ0v) is 17.3. The van der Waals surface area contributed by atoms with Crippen molar-refractivity contribution in [2.24, 2.45) is 0 Å². The first kappa shape index (κ1) is 20.5. The molecule has 0 aliphatic carbocycles. The van der Waals surface area contributed by atoms with Crippen molar-refractivity contribution in [2.75, 3.05) is 12.4 Å². The molecule has 0 saturated heterocycles. The molecule has 0 spiro atoms. The van der Waals surface area contributed by atoms with Crippen LogP contribution in [-0.4, -0.2) is 29.5 Å². The zero-order valence-electron chi connectivity index (χ0n) is 16.5. The summed E-state index contributed by atoms with van der Waals surface area (Å²) in [6, 6.07) is 19.6. The molecule has 1 atom stereocenters. The van der Waals surface area contributed by atoms with Crippen molar-refractivity contribution in [1.29, 1.82) is 0 Å². The highest BCUT2D eigenvalue weighted by Gasteiger charge is 2.21. The van der Waals surface area contributed by atoms with Gasteiger partial charge in [0.15, 0.2) is 5.78 Å². The first-order valence-electron chi connectivity index (χ1n) is 9.21. The maximum Gasteiger partial charge on any atom is 0.264 e. The van der Waals surface area contributed by atoms with Crippen LogP contribution in [0.5, 0.6) is 0 Å². The number of benzene rings is 2. The number of Topliss-reactive ketones (excluding diaryl/α,β-unsaturated/α-hetero) is 1. The number of ketones is 1. The summed E-state index contributed by atoms with van der Waals surface area (Å²) in [4.78, 5) is 39.4. The second-order valence-corrected chi connectivity index (χ2v) is 7.84. The highest BCUT2D eigenvalue weighted by molar-refractivity contribution is 7.15. The third-order valence-electron chi connectivity index (χ3n) is 4.73. The Bertz CT molecular complexity index is 1040. The number of thiophene rings is 1. The number of amides is 2. The average molecular weight is 407 g/mol. The van der Waals surface area contributed by atoms with Gasteiger partial charge in [-0.1, -0.05) is 30.3 Å². The van der Waals surface area contributed by atoms with Gasteiger partial charge in [0, 0.05) is 18.3 Å². The normalized spacial score (nSPS) is 11.6. The topological polar surface area (TPSA) is 66.5 Å². The summed E-state index contributed by atoms with van der Waals surface area (Å²) in [5, 5.41) is 2.89. The maximum absolute atomic E-state index is 12.8. The predicted molar refractivity (Wildman–Crippen MR) is 116 cm³/mol. The van der Waals surface area contributed by atoms with Crippen LogP contribution in [0.2, 0.25) is 0 Å². The molecule has 3 rings (SSSR count). The van der Waals surface area contributed by atoms with Gasteiger partial charge in [-0.05, 0) is 55.8 Å². The number of rotatable bonds is 6. The van der Waals surface area contributed by atoms with Gasteiger partial charge >= 0.3 is 0 Å². The molecule has 6 heteroatoms. The highest BCUT2D eigenvalue weighted by atomic mass is 32.1. The fourth-order valence-electron chi connectivity index (χ4n) is 2.88. The Balaban J connectivity index is 1.74. The lowest BCUT2D eigenvalue weighted by atomic mass is 10.1. The lowest BCUT2D eigenvalue weighted by molar-refractivity contribution is 0.0747. The lowest BCUT2D eigenvalue weighted by Crippen LogP contribution is -2.29. The first-order valence-corrected chi connectivity index (χ1v) is 10.0. The van der Waals surface area contributed by atoms with E-state index in [0.717, 1.165) is 5.56 Å². The van der Waals surface area contributed by atoms with Gasteiger partial charge in [-0.3, -0.25) is 14.4 Å². The van der Waals surface area contributed by atoms with Crippen LogP contribution in [0.15, 0.2) is 66.7 Å². The predicted octanol–water partition coefficient (Wildman–Crippen LogP) is 5.04. The van der Waals surface area contributed by atoms with Gasteiger partial charge in [-0.2, -0.15) is 0 Å². The second kappa shape index (κ2) is 8.84. The van der Waals surface area contributed by atoms with Crippen LogP contribution in [0.1, 0.15) is 55.2 Å². The van der Waals surface area contributed by atoms with Gasteiger partial charge in [0.25, 0.3) is 11.8 Å². The molecule has 3 aromatic rings. The molecule has 0 fully saturated rings. The summed E-state index contributed by atoms with van der Waals surface area (Å²) in [5.74, 6) is -0.379. The molecule has 0 bridgehead atoms. The molecule has 0 radical (unpaired) electrons. The van der Waals surface area contributed by atoms with Crippen LogP contribution < -0.4 is 5.32 Å². The molecular weight excluding hydrogens is 384 g/mol. The molecule has 2 aromatic carbocycles. The molecule has 1 aromatic heterocycles. The minimum Gasteiger partial charge on any atom is -0.334 e. The lowest BCUT2D eigenvalue weighted by Gasteiger charge is -2.25. The number of hydrogen-bond acceptors (Lipinski definition) is 4. The molecule has 0 aliphatic heterocycles. The van der Waals surface area contributed by atoms with E-state index in [0.29, 0.717) is 21.0 Å². The van der Waals surface area contributed by atoms with E-state index in [2.05, 4.69) is 5.32 Å². The van der Waals surface area contributed by atoms with Gasteiger partial charge in [0.1, 0.15) is 0 Å². The molecule has 1 unspecified atom stereocenters. The van der Waals surface area contributed by atoms with Crippen LogP contribution in [0, 0.1) is 0 Å². The molecule has 148 valence electrons. The quantitative estimate of drug-likeness (QED) is 0.584. The Morgan fingerprint density at radius 2 is 1.62 bits per heavy atom. The van der Waals surface area contributed by atoms with Crippen molar-refractivity contribution in [3.8, 4) is 0 Å². The van der Waals surface area contributed by atoms with Crippen molar-refractivity contribution >= 4 is 34.6 Å². The van der Waals surface area contributed by atoms with Crippen LogP contribution >= 0.6 is 11.3 Å². The van der Waals surface area contributed by atoms with Crippen molar-refractivity contribution in [3.63, 3.8) is 0 Å². The number of nitrogens with one attached hydrogen (secondary N) is 1. The summed E-state index contributed by atoms with van der Waals surface area (Å²) < 4.78 is 0. The van der Waals surface area contributed by atoms with Crippen LogP contribution in [0.25, 0.3) is 0 Å². The molecule has 0 aliphatic rings. The number of hydrogen-bond donors (Lipinski definition) is 1. The number of carbonyl (C=O) groups excluding carboxylic acids is 3. The molecule has 29 heavy (non-hydrogen) atoms. The van der Waals surface area contributed by atoms with Gasteiger partial charge in [-0.15, -0.1) is 11.3 Å². The summed E-state index contributed by atoms with van der Waals surface area (Å²) in [6.07, 6.45) is 0. The summed E-state index contributed by atoms with van der Waals surface area (Å²) in [7, 11) is 1.73. The van der Waals surface area contributed by atoms with E-state index in [-0.39, 0.29) is 23.6 Å². The van der Waals surface area contributed by atoms with E-state index in [1.54, 1.807) is 36.2 Å². The number of carbonyl (C=O) groups is 3. The van der Waals surface area contributed by atoms with E-state index in [1.807, 2.05) is 49.4 Å². The SMILES string of the molecule is CC(=O)c1ccc(C(=O)N(C)C(C)c2cccc(NC(=O)c3ccccc3)c2)s1. The Labute approximate surface area is 174 Å². The largest absolute Gasteiger partial charge is 0.334 e. The first-order chi connectivity index (χ1) is 13.9. The number of nitrogens with zero attached hydrogens (tertiary/aromatic N) is 1. The summed E-state index contributed by atoms with van der Waals surface area (Å²) >= 11 is 1.20. The van der Waals surface area contributed by atoms with E-state index < -0.39 is 0 Å². The molecule has 0 saturated carbocycles. The Hall–Kier alpha value is -3.25. The van der Waals surface area contributed by atoms with Crippen molar-refractivity contribution in [1.82, 2.24) is 4.90 Å². The van der Waals surface area contributed by atoms with Gasteiger partial charge < -0.3 is 10.2 Å². The average Bonchev–Trinajstić information content (AvgIpc) is 3.23.